The second-order valence-corrected chi connectivity index (χ2v) is 7.43. The fraction of sp³-hybridized carbons (Fsp3) is 0.550. The van der Waals surface area contributed by atoms with Crippen LogP contribution in [-0.4, -0.2) is 56.1 Å². The molecule has 1 aromatic heterocycles. The number of amides is 1. The lowest BCUT2D eigenvalue weighted by molar-refractivity contribution is -0.140. The van der Waals surface area contributed by atoms with Gasteiger partial charge in [-0.2, -0.15) is 0 Å². The molecule has 0 N–H and O–H groups in total. The van der Waals surface area contributed by atoms with Gasteiger partial charge in [0.2, 0.25) is 5.91 Å². The number of carbonyl (C=O) groups excluding carboxylic acids is 1. The summed E-state index contributed by atoms with van der Waals surface area (Å²) in [5, 5.41) is 7.80. The maximum Gasteiger partial charge on any atom is 0.239 e. The van der Waals surface area contributed by atoms with Crippen molar-refractivity contribution in [3.63, 3.8) is 0 Å². The summed E-state index contributed by atoms with van der Waals surface area (Å²) in [5.41, 5.74) is 1.29. The van der Waals surface area contributed by atoms with Crippen molar-refractivity contribution in [1.29, 1.82) is 0 Å². The Balaban J connectivity index is 1.38. The molecule has 3 heterocycles. The van der Waals surface area contributed by atoms with Crippen molar-refractivity contribution in [3.8, 4) is 0 Å². The summed E-state index contributed by atoms with van der Waals surface area (Å²) < 4.78 is 2.07. The number of piperidine rings is 2. The first-order valence-electron chi connectivity index (χ1n) is 9.72. The molecule has 138 valence electrons. The van der Waals surface area contributed by atoms with Gasteiger partial charge in [0.25, 0.3) is 0 Å². The summed E-state index contributed by atoms with van der Waals surface area (Å²) in [6.45, 7) is 3.55. The lowest BCUT2D eigenvalue weighted by atomic mass is 9.98. The van der Waals surface area contributed by atoms with Crippen molar-refractivity contribution in [3.05, 3.63) is 48.5 Å². The minimum Gasteiger partial charge on any atom is -0.341 e. The SMILES string of the molecule is O=C([C@H]1CCCCN1Cc1ccccc1)N1CCC(n2cnnc2)CC1. The third kappa shape index (κ3) is 3.80. The maximum absolute atomic E-state index is 13.2. The molecule has 0 saturated carbocycles. The number of likely N-dealkylation sites (tertiary alicyclic amines) is 2. The van der Waals surface area contributed by atoms with Crippen LogP contribution in [0, 0.1) is 0 Å². The largest absolute Gasteiger partial charge is 0.341 e. The van der Waals surface area contributed by atoms with Crippen LogP contribution in [-0.2, 0) is 11.3 Å². The molecule has 4 rings (SSSR count). The number of hydrogen-bond donors (Lipinski definition) is 0. The first-order chi connectivity index (χ1) is 12.8. The van der Waals surface area contributed by atoms with E-state index >= 15 is 0 Å². The molecule has 0 bridgehead atoms. The fourth-order valence-electron chi connectivity index (χ4n) is 4.27. The van der Waals surface area contributed by atoms with Gasteiger partial charge in [0.15, 0.2) is 0 Å². The van der Waals surface area contributed by atoms with E-state index in [1.54, 1.807) is 12.7 Å². The van der Waals surface area contributed by atoms with E-state index in [-0.39, 0.29) is 6.04 Å². The van der Waals surface area contributed by atoms with E-state index in [0.717, 1.165) is 51.9 Å². The molecule has 2 aliphatic heterocycles. The Labute approximate surface area is 154 Å². The molecule has 2 aliphatic rings. The van der Waals surface area contributed by atoms with E-state index in [2.05, 4.69) is 48.8 Å². The van der Waals surface area contributed by atoms with Crippen LogP contribution in [0.25, 0.3) is 0 Å². The summed E-state index contributed by atoms with van der Waals surface area (Å²) in [4.78, 5) is 17.7. The van der Waals surface area contributed by atoms with Crippen LogP contribution in [0.5, 0.6) is 0 Å². The van der Waals surface area contributed by atoms with Crippen molar-refractivity contribution in [2.75, 3.05) is 19.6 Å². The Kier molecular flexibility index (Phi) is 5.29. The Morgan fingerprint density at radius 3 is 2.42 bits per heavy atom. The molecular formula is C20H27N5O. The molecule has 1 atom stereocenters. The number of nitrogens with zero attached hydrogens (tertiary/aromatic N) is 5. The molecule has 2 saturated heterocycles. The van der Waals surface area contributed by atoms with Gasteiger partial charge in [0.1, 0.15) is 12.7 Å². The van der Waals surface area contributed by atoms with Gasteiger partial charge in [-0.05, 0) is 37.8 Å². The van der Waals surface area contributed by atoms with Crippen LogP contribution >= 0.6 is 0 Å². The Hall–Kier alpha value is -2.21. The predicted molar refractivity (Wildman–Crippen MR) is 99.4 cm³/mol. The summed E-state index contributed by atoms with van der Waals surface area (Å²) in [5.74, 6) is 0.322. The third-order valence-corrected chi connectivity index (χ3v) is 5.76. The standard InChI is InChI=1S/C20H27N5O/c26-20(23-12-9-18(10-13-23)25-15-21-22-16-25)19-8-4-5-11-24(19)14-17-6-2-1-3-7-17/h1-3,6-7,15-16,18-19H,4-5,8-14H2/t19-/m1/s1. The van der Waals surface area contributed by atoms with Gasteiger partial charge in [-0.25, -0.2) is 0 Å². The molecule has 1 aromatic carbocycles. The molecule has 2 aromatic rings. The zero-order valence-corrected chi connectivity index (χ0v) is 15.2. The van der Waals surface area contributed by atoms with Crippen molar-refractivity contribution >= 4 is 5.91 Å². The van der Waals surface area contributed by atoms with Crippen LogP contribution in [0.15, 0.2) is 43.0 Å². The minimum absolute atomic E-state index is 0.0374. The summed E-state index contributed by atoms with van der Waals surface area (Å²) in [6, 6.07) is 11.0. The zero-order chi connectivity index (χ0) is 17.8. The number of benzene rings is 1. The molecule has 0 radical (unpaired) electrons. The quantitative estimate of drug-likeness (QED) is 0.847. The maximum atomic E-state index is 13.2. The van der Waals surface area contributed by atoms with E-state index in [1.807, 2.05) is 6.07 Å². The molecule has 1 amide bonds. The molecule has 6 heteroatoms. The highest BCUT2D eigenvalue weighted by Crippen LogP contribution is 2.26. The lowest BCUT2D eigenvalue weighted by Crippen LogP contribution is -2.52. The second kappa shape index (κ2) is 7.99. The molecule has 0 aliphatic carbocycles. The highest BCUT2D eigenvalue weighted by Gasteiger charge is 2.33. The van der Waals surface area contributed by atoms with Crippen LogP contribution < -0.4 is 0 Å². The highest BCUT2D eigenvalue weighted by atomic mass is 16.2. The van der Waals surface area contributed by atoms with Gasteiger partial charge in [0, 0.05) is 25.7 Å². The average Bonchev–Trinajstić information content (AvgIpc) is 3.24. The van der Waals surface area contributed by atoms with Gasteiger partial charge in [-0.15, -0.1) is 10.2 Å². The lowest BCUT2D eigenvalue weighted by Gasteiger charge is -2.40. The van der Waals surface area contributed by atoms with E-state index in [4.69, 9.17) is 0 Å². The van der Waals surface area contributed by atoms with Crippen LogP contribution in [0.3, 0.4) is 0 Å². The Bertz CT molecular complexity index is 694. The molecule has 26 heavy (non-hydrogen) atoms. The summed E-state index contributed by atoms with van der Waals surface area (Å²) in [7, 11) is 0. The van der Waals surface area contributed by atoms with Crippen molar-refractivity contribution < 1.29 is 4.79 Å². The highest BCUT2D eigenvalue weighted by molar-refractivity contribution is 5.82. The predicted octanol–water partition coefficient (Wildman–Crippen LogP) is 2.50. The van der Waals surface area contributed by atoms with E-state index < -0.39 is 0 Å². The normalized spacial score (nSPS) is 22.5. The van der Waals surface area contributed by atoms with Gasteiger partial charge >= 0.3 is 0 Å². The van der Waals surface area contributed by atoms with Crippen molar-refractivity contribution in [1.82, 2.24) is 24.6 Å². The molecule has 0 spiro atoms. The minimum atomic E-state index is 0.0374. The topological polar surface area (TPSA) is 54.3 Å². The van der Waals surface area contributed by atoms with Gasteiger partial charge in [0.05, 0.1) is 6.04 Å². The summed E-state index contributed by atoms with van der Waals surface area (Å²) >= 11 is 0. The first kappa shape index (κ1) is 17.2. The van der Waals surface area contributed by atoms with E-state index in [1.165, 1.54) is 12.0 Å². The monoisotopic (exact) mass is 353 g/mol. The fourth-order valence-corrected chi connectivity index (χ4v) is 4.27. The third-order valence-electron chi connectivity index (χ3n) is 5.76. The van der Waals surface area contributed by atoms with Gasteiger partial charge < -0.3 is 9.47 Å². The molecular weight excluding hydrogens is 326 g/mol. The number of hydrogen-bond acceptors (Lipinski definition) is 4. The van der Waals surface area contributed by atoms with Crippen LogP contribution in [0.2, 0.25) is 0 Å². The average molecular weight is 353 g/mol. The Morgan fingerprint density at radius 1 is 0.962 bits per heavy atom. The van der Waals surface area contributed by atoms with Crippen molar-refractivity contribution in [2.24, 2.45) is 0 Å². The van der Waals surface area contributed by atoms with Crippen LogP contribution in [0.4, 0.5) is 0 Å². The van der Waals surface area contributed by atoms with E-state index in [0.29, 0.717) is 11.9 Å². The smallest absolute Gasteiger partial charge is 0.239 e. The van der Waals surface area contributed by atoms with E-state index in [9.17, 15) is 4.79 Å². The number of rotatable bonds is 4. The Morgan fingerprint density at radius 2 is 1.69 bits per heavy atom. The molecule has 6 nitrogen and oxygen atoms in total. The first-order valence-corrected chi connectivity index (χ1v) is 9.72. The van der Waals surface area contributed by atoms with Crippen molar-refractivity contribution in [2.45, 2.75) is 50.7 Å². The van der Waals surface area contributed by atoms with Crippen LogP contribution in [0.1, 0.15) is 43.7 Å². The summed E-state index contributed by atoms with van der Waals surface area (Å²) in [6.07, 6.45) is 8.85. The van der Waals surface area contributed by atoms with Gasteiger partial charge in [-0.1, -0.05) is 36.8 Å². The number of aromatic nitrogens is 3. The molecule has 2 fully saturated rings. The van der Waals surface area contributed by atoms with Gasteiger partial charge in [-0.3, -0.25) is 9.69 Å². The second-order valence-electron chi connectivity index (χ2n) is 7.43. The number of carbonyl (C=O) groups is 1. The zero-order valence-electron chi connectivity index (χ0n) is 15.2. The molecule has 0 unspecified atom stereocenters.